The molecule has 0 radical (unpaired) electrons. The van der Waals surface area contributed by atoms with Gasteiger partial charge in [-0.25, -0.2) is 4.79 Å². The number of carbonyl (C=O) groups is 2. The molecule has 7 atom stereocenters. The molecule has 4 aliphatic rings. The average Bonchev–Trinajstić information content (AvgIpc) is 3.15. The number of esters is 1. The minimum Gasteiger partial charge on any atom is -0.458 e. The zero-order valence-electron chi connectivity index (χ0n) is 20.5. The molecule has 0 bridgehead atoms. The molecule has 3 fully saturated rings. The quantitative estimate of drug-likeness (QED) is 0.332. The number of hydrogen-bond acceptors (Lipinski definition) is 3. The summed E-state index contributed by atoms with van der Waals surface area (Å²) in [6.45, 7) is 4.14. The van der Waals surface area contributed by atoms with Crippen LogP contribution >= 0.6 is 0 Å². The Morgan fingerprint density at radius 1 is 0.973 bits per heavy atom. The summed E-state index contributed by atoms with van der Waals surface area (Å²) in [5.74, 6) is -0.730. The molecule has 202 valence electrons. The van der Waals surface area contributed by atoms with Crippen molar-refractivity contribution in [3.63, 3.8) is 0 Å². The van der Waals surface area contributed by atoms with Crippen molar-refractivity contribution < 1.29 is 40.7 Å². The molecule has 3 aliphatic carbocycles. The van der Waals surface area contributed by atoms with Gasteiger partial charge in [-0.05, 0) is 79.9 Å². The molecule has 37 heavy (non-hydrogen) atoms. The number of anilines is 1. The summed E-state index contributed by atoms with van der Waals surface area (Å²) in [6, 6.07) is 1.29. The summed E-state index contributed by atoms with van der Waals surface area (Å²) in [5.41, 5.74) is -4.32. The van der Waals surface area contributed by atoms with Crippen molar-refractivity contribution >= 4 is 17.6 Å². The van der Waals surface area contributed by atoms with Gasteiger partial charge in [-0.2, -0.15) is 26.3 Å². The second kappa shape index (κ2) is 8.50. The van der Waals surface area contributed by atoms with E-state index < -0.39 is 46.4 Å². The smallest absolute Gasteiger partial charge is 0.418 e. The molecule has 0 spiro atoms. The van der Waals surface area contributed by atoms with Gasteiger partial charge in [0.2, 0.25) is 5.91 Å². The minimum atomic E-state index is -5.06. The predicted molar refractivity (Wildman–Crippen MR) is 122 cm³/mol. The number of ether oxygens (including phenoxy) is 1. The van der Waals surface area contributed by atoms with Crippen molar-refractivity contribution in [3.8, 4) is 0 Å². The first-order chi connectivity index (χ1) is 17.1. The Hall–Kier alpha value is -2.52. The van der Waals surface area contributed by atoms with E-state index in [-0.39, 0.29) is 41.3 Å². The van der Waals surface area contributed by atoms with Gasteiger partial charge in [0.05, 0.1) is 16.8 Å². The molecular formula is C27H29F6NO3. The Morgan fingerprint density at radius 2 is 1.70 bits per heavy atom. The maximum Gasteiger partial charge on any atom is 0.418 e. The number of halogens is 6. The topological polar surface area (TPSA) is 55.4 Å². The number of hydrogen-bond donors (Lipinski definition) is 1. The van der Waals surface area contributed by atoms with Crippen molar-refractivity contribution in [1.29, 1.82) is 0 Å². The fraction of sp³-hybridized carbons (Fsp3) is 0.630. The highest BCUT2D eigenvalue weighted by molar-refractivity contribution is 5.94. The molecule has 10 heteroatoms. The summed E-state index contributed by atoms with van der Waals surface area (Å²) >= 11 is 0. The van der Waals surface area contributed by atoms with Crippen LogP contribution in [0.1, 0.15) is 63.5 Å². The van der Waals surface area contributed by atoms with Gasteiger partial charge >= 0.3 is 18.3 Å². The van der Waals surface area contributed by atoms with Crippen molar-refractivity contribution in [2.75, 3.05) is 5.32 Å². The van der Waals surface area contributed by atoms with Crippen LogP contribution in [0.3, 0.4) is 0 Å². The minimum absolute atomic E-state index is 0.0453. The molecule has 1 aromatic carbocycles. The average molecular weight is 530 g/mol. The van der Waals surface area contributed by atoms with Gasteiger partial charge in [-0.1, -0.05) is 19.9 Å². The van der Waals surface area contributed by atoms with Crippen molar-refractivity contribution in [2.24, 2.45) is 34.5 Å². The van der Waals surface area contributed by atoms with Gasteiger partial charge in [-0.15, -0.1) is 0 Å². The van der Waals surface area contributed by atoms with Gasteiger partial charge < -0.3 is 10.1 Å². The third-order valence-corrected chi connectivity index (χ3v) is 9.76. The lowest BCUT2D eigenvalue weighted by atomic mass is 9.48. The van der Waals surface area contributed by atoms with Crippen molar-refractivity contribution in [3.05, 3.63) is 41.5 Å². The Morgan fingerprint density at radius 3 is 2.38 bits per heavy atom. The lowest BCUT2D eigenvalue weighted by Gasteiger charge is -2.58. The van der Waals surface area contributed by atoms with E-state index in [2.05, 4.69) is 12.2 Å². The van der Waals surface area contributed by atoms with Crippen LogP contribution in [0.15, 0.2) is 30.4 Å². The summed E-state index contributed by atoms with van der Waals surface area (Å²) < 4.78 is 85.6. The lowest BCUT2D eigenvalue weighted by Crippen LogP contribution is -2.55. The maximum absolute atomic E-state index is 13.6. The van der Waals surface area contributed by atoms with Crippen LogP contribution in [0.5, 0.6) is 0 Å². The third kappa shape index (κ3) is 4.24. The molecular weight excluding hydrogens is 500 g/mol. The summed E-state index contributed by atoms with van der Waals surface area (Å²) in [7, 11) is 0. The van der Waals surface area contributed by atoms with Crippen molar-refractivity contribution in [1.82, 2.24) is 0 Å². The van der Waals surface area contributed by atoms with Crippen LogP contribution in [0, 0.1) is 34.5 Å². The fourth-order valence-corrected chi connectivity index (χ4v) is 7.91. The van der Waals surface area contributed by atoms with Gasteiger partial charge in [0, 0.05) is 17.4 Å². The van der Waals surface area contributed by atoms with E-state index in [0.717, 1.165) is 25.7 Å². The first-order valence-corrected chi connectivity index (χ1v) is 12.6. The van der Waals surface area contributed by atoms with E-state index in [0.29, 0.717) is 25.0 Å². The number of rotatable bonds is 2. The van der Waals surface area contributed by atoms with Crippen LogP contribution in [-0.4, -0.2) is 18.0 Å². The molecule has 2 unspecified atom stereocenters. The summed E-state index contributed by atoms with van der Waals surface area (Å²) in [6.07, 6.45) is -2.42. The highest BCUT2D eigenvalue weighted by atomic mass is 19.4. The standard InChI is InChI=1S/C27H29F6NO3/c1-24-11-9-17-15(4-8-21-25(17,2)12-10-22(35)37-21)16(24)5-6-18(24)23(36)34-20-7-3-14(26(28,29)30)13-19(20)27(31,32)33/h3,7,10,12-13,15-18,21H,4-6,8-9,11H2,1-2H3,(H,34,36)/t15-,16-,17+,18?,21?,24-,25+/m0/s1. The Kier molecular flexibility index (Phi) is 5.99. The second-order valence-electron chi connectivity index (χ2n) is 11.5. The molecule has 1 heterocycles. The number of benzene rings is 1. The Bertz CT molecular complexity index is 1140. The van der Waals surface area contributed by atoms with Gasteiger partial charge in [0.15, 0.2) is 0 Å². The maximum atomic E-state index is 13.6. The first-order valence-electron chi connectivity index (χ1n) is 12.6. The zero-order chi connectivity index (χ0) is 27.0. The second-order valence-corrected chi connectivity index (χ2v) is 11.5. The molecule has 3 saturated carbocycles. The Labute approximate surface area is 210 Å². The highest BCUT2D eigenvalue weighted by Gasteiger charge is 2.61. The first kappa shape index (κ1) is 26.1. The van der Waals surface area contributed by atoms with Gasteiger partial charge in [0.1, 0.15) is 6.10 Å². The van der Waals surface area contributed by atoms with Gasteiger partial charge in [-0.3, -0.25) is 4.79 Å². The van der Waals surface area contributed by atoms with E-state index in [9.17, 15) is 35.9 Å². The SMILES string of the molecule is C[C@]12C=CC(=O)OC1CC[C@@H]1[C@H]2CC[C@]2(C)C(C(=O)Nc3ccc(C(F)(F)F)cc3C(F)(F)F)CC[C@@H]12. The number of fused-ring (bicyclic) bond motifs is 5. The summed E-state index contributed by atoms with van der Waals surface area (Å²) in [5, 5.41) is 2.33. The van der Waals surface area contributed by atoms with E-state index in [1.54, 1.807) is 0 Å². The molecule has 4 nitrogen and oxygen atoms in total. The van der Waals surface area contributed by atoms with Crippen LogP contribution in [0.2, 0.25) is 0 Å². The predicted octanol–water partition coefficient (Wildman–Crippen LogP) is 7.00. The largest absolute Gasteiger partial charge is 0.458 e. The Balaban J connectivity index is 1.38. The molecule has 1 amide bonds. The molecule has 1 N–H and O–H groups in total. The van der Waals surface area contributed by atoms with Crippen LogP contribution in [0.4, 0.5) is 32.0 Å². The number of carbonyl (C=O) groups excluding carboxylic acids is 2. The van der Waals surface area contributed by atoms with Gasteiger partial charge in [0.25, 0.3) is 0 Å². The number of amides is 1. The van der Waals surface area contributed by atoms with E-state index >= 15 is 0 Å². The number of nitrogens with one attached hydrogen (secondary N) is 1. The third-order valence-electron chi connectivity index (χ3n) is 9.76. The molecule has 1 aromatic rings. The molecule has 5 rings (SSSR count). The monoisotopic (exact) mass is 529 g/mol. The van der Waals surface area contributed by atoms with Crippen LogP contribution < -0.4 is 5.32 Å². The lowest BCUT2D eigenvalue weighted by molar-refractivity contribution is -0.167. The molecule has 0 aromatic heterocycles. The van der Waals surface area contributed by atoms with E-state index in [4.69, 9.17) is 4.74 Å². The normalized spacial score (nSPS) is 37.3. The van der Waals surface area contributed by atoms with Crippen LogP contribution in [-0.2, 0) is 26.7 Å². The number of alkyl halides is 6. The fourth-order valence-electron chi connectivity index (χ4n) is 7.91. The van der Waals surface area contributed by atoms with Crippen molar-refractivity contribution in [2.45, 2.75) is 70.8 Å². The van der Waals surface area contributed by atoms with Crippen LogP contribution in [0.25, 0.3) is 0 Å². The van der Waals surface area contributed by atoms with E-state index in [1.165, 1.54) is 6.08 Å². The highest BCUT2D eigenvalue weighted by Crippen LogP contribution is 2.65. The zero-order valence-corrected chi connectivity index (χ0v) is 20.5. The van der Waals surface area contributed by atoms with E-state index in [1.807, 2.05) is 13.0 Å². The summed E-state index contributed by atoms with van der Waals surface area (Å²) in [4.78, 5) is 25.1. The molecule has 0 saturated heterocycles. The molecule has 1 aliphatic heterocycles.